The highest BCUT2D eigenvalue weighted by Gasteiger charge is 2.24. The Morgan fingerprint density at radius 2 is 1.32 bits per heavy atom. The van der Waals surface area contributed by atoms with E-state index < -0.39 is 30.0 Å². The summed E-state index contributed by atoms with van der Waals surface area (Å²) in [5.41, 5.74) is 0. The molecule has 0 aromatic carbocycles. The van der Waals surface area contributed by atoms with Crippen molar-refractivity contribution in [3.63, 3.8) is 0 Å². The van der Waals surface area contributed by atoms with E-state index in [0.717, 1.165) is 0 Å². The highest BCUT2D eigenvalue weighted by molar-refractivity contribution is 5.72. The van der Waals surface area contributed by atoms with Crippen molar-refractivity contribution < 1.29 is 43.3 Å². The Labute approximate surface area is 147 Å². The molecule has 0 spiro atoms. The summed E-state index contributed by atoms with van der Waals surface area (Å²) in [6, 6.07) is 0. The van der Waals surface area contributed by atoms with Crippen LogP contribution in [0, 0.1) is 0 Å². The van der Waals surface area contributed by atoms with E-state index in [9.17, 15) is 19.2 Å². The molecule has 25 heavy (non-hydrogen) atoms. The lowest BCUT2D eigenvalue weighted by molar-refractivity contribution is -0.873. The normalized spacial score (nSPS) is 12.3. The topological polar surface area (TPSA) is 127 Å². The molecule has 2 N–H and O–H groups in total. The molecule has 0 amide bonds. The second-order valence-corrected chi connectivity index (χ2v) is 6.76. The predicted molar refractivity (Wildman–Crippen MR) is 86.7 cm³/mol. The molecule has 144 valence electrons. The summed E-state index contributed by atoms with van der Waals surface area (Å²) in [6.07, 6.45) is -0.559. The van der Waals surface area contributed by atoms with Gasteiger partial charge in [0.15, 0.2) is 6.10 Å². The van der Waals surface area contributed by atoms with Crippen molar-refractivity contribution in [2.45, 2.75) is 44.6 Å². The van der Waals surface area contributed by atoms with E-state index in [2.05, 4.69) is 0 Å². The smallest absolute Gasteiger partial charge is 0.306 e. The van der Waals surface area contributed by atoms with E-state index in [1.807, 2.05) is 21.1 Å². The van der Waals surface area contributed by atoms with Crippen LogP contribution in [0.5, 0.6) is 0 Å². The van der Waals surface area contributed by atoms with Crippen LogP contribution in [0.3, 0.4) is 0 Å². The molecule has 0 rings (SSSR count). The van der Waals surface area contributed by atoms with Gasteiger partial charge in [-0.15, -0.1) is 0 Å². The largest absolute Gasteiger partial charge is 0.481 e. The highest BCUT2D eigenvalue weighted by Crippen LogP contribution is 2.07. The summed E-state index contributed by atoms with van der Waals surface area (Å²) in [6.45, 7) is 0.291. The molecule has 9 nitrogen and oxygen atoms in total. The Balaban J connectivity index is 4.37. The van der Waals surface area contributed by atoms with Crippen LogP contribution in [0.25, 0.3) is 0 Å². The molecule has 0 heterocycles. The molecular weight excluding hydrogens is 334 g/mol. The number of quaternary nitrogens is 1. The molecule has 0 aromatic rings. The Morgan fingerprint density at radius 1 is 0.840 bits per heavy atom. The molecule has 0 radical (unpaired) electrons. The monoisotopic (exact) mass is 362 g/mol. The molecule has 0 aliphatic rings. The Bertz CT molecular complexity index is 469. The first-order valence-electron chi connectivity index (χ1n) is 8.08. The first-order chi connectivity index (χ1) is 11.5. The summed E-state index contributed by atoms with van der Waals surface area (Å²) >= 11 is 0. The molecule has 9 heteroatoms. The van der Waals surface area contributed by atoms with Crippen LogP contribution in [0.4, 0.5) is 0 Å². The minimum absolute atomic E-state index is 0.0179. The van der Waals surface area contributed by atoms with E-state index in [0.29, 0.717) is 11.0 Å². The molecular formula is C16H28NO8+. The summed E-state index contributed by atoms with van der Waals surface area (Å²) in [5.74, 6) is -3.05. The number of carboxylic acids is 2. The standard InChI is InChI=1S/C16H27NO8/c1-17(2,3)10-12(25-16(23)9-5-7-14(20)21)11-24-15(22)8-4-6-13(18)19/h12H,4-11H2,1-3H3,(H-,18,19,20,21)/p+1. The third kappa shape index (κ3) is 15.1. The summed E-state index contributed by atoms with van der Waals surface area (Å²) < 4.78 is 10.8. The van der Waals surface area contributed by atoms with Crippen LogP contribution in [0.1, 0.15) is 38.5 Å². The minimum atomic E-state index is -0.981. The molecule has 0 aromatic heterocycles. The fourth-order valence-electron chi connectivity index (χ4n) is 2.01. The number of aliphatic carboxylic acids is 2. The molecule has 0 saturated heterocycles. The SMILES string of the molecule is C[N+](C)(C)CC(COC(=O)CCCC(=O)O)OC(=O)CCCC(=O)O. The van der Waals surface area contributed by atoms with Gasteiger partial charge in [-0.1, -0.05) is 0 Å². The van der Waals surface area contributed by atoms with Gasteiger partial charge < -0.3 is 24.2 Å². The average molecular weight is 362 g/mol. The van der Waals surface area contributed by atoms with Crippen LogP contribution in [0.15, 0.2) is 0 Å². The van der Waals surface area contributed by atoms with Crippen molar-refractivity contribution in [1.29, 1.82) is 0 Å². The lowest BCUT2D eigenvalue weighted by Gasteiger charge is -2.28. The molecule has 0 aliphatic heterocycles. The van der Waals surface area contributed by atoms with E-state index >= 15 is 0 Å². The molecule has 1 unspecified atom stereocenters. The molecule has 0 aliphatic carbocycles. The molecule has 0 fully saturated rings. The number of carbonyl (C=O) groups excluding carboxylic acids is 2. The highest BCUT2D eigenvalue weighted by atomic mass is 16.6. The molecule has 1 atom stereocenters. The van der Waals surface area contributed by atoms with Crippen LogP contribution in [0.2, 0.25) is 0 Å². The number of hydrogen-bond donors (Lipinski definition) is 2. The number of nitrogens with zero attached hydrogens (tertiary/aromatic N) is 1. The Kier molecular flexibility index (Phi) is 10.4. The third-order valence-electron chi connectivity index (χ3n) is 3.02. The maximum atomic E-state index is 11.8. The van der Waals surface area contributed by atoms with Gasteiger partial charge >= 0.3 is 23.9 Å². The quantitative estimate of drug-likeness (QED) is 0.361. The summed E-state index contributed by atoms with van der Waals surface area (Å²) in [7, 11) is 5.67. The summed E-state index contributed by atoms with van der Waals surface area (Å²) in [5, 5.41) is 17.1. The van der Waals surface area contributed by atoms with Gasteiger partial charge in [0.1, 0.15) is 13.2 Å². The molecule has 0 saturated carbocycles. The van der Waals surface area contributed by atoms with Crippen molar-refractivity contribution in [2.24, 2.45) is 0 Å². The fourth-order valence-corrected chi connectivity index (χ4v) is 2.01. The van der Waals surface area contributed by atoms with Crippen molar-refractivity contribution >= 4 is 23.9 Å². The van der Waals surface area contributed by atoms with E-state index in [4.69, 9.17) is 19.7 Å². The van der Waals surface area contributed by atoms with Gasteiger partial charge in [0.2, 0.25) is 0 Å². The van der Waals surface area contributed by atoms with Gasteiger partial charge in [0.25, 0.3) is 0 Å². The fraction of sp³-hybridized carbons (Fsp3) is 0.750. The lowest BCUT2D eigenvalue weighted by atomic mass is 10.2. The lowest BCUT2D eigenvalue weighted by Crippen LogP contribution is -2.45. The number of carboxylic acid groups (broad SMARTS) is 2. The van der Waals surface area contributed by atoms with E-state index in [1.54, 1.807) is 0 Å². The Morgan fingerprint density at radius 3 is 1.76 bits per heavy atom. The number of likely N-dealkylation sites (N-methyl/N-ethyl adjacent to an activating group) is 1. The molecule has 0 bridgehead atoms. The van der Waals surface area contributed by atoms with Gasteiger partial charge in [0.05, 0.1) is 21.1 Å². The second kappa shape index (κ2) is 11.4. The van der Waals surface area contributed by atoms with Gasteiger partial charge in [0, 0.05) is 25.7 Å². The second-order valence-electron chi connectivity index (χ2n) is 6.76. The zero-order valence-corrected chi connectivity index (χ0v) is 15.0. The number of rotatable bonds is 13. The minimum Gasteiger partial charge on any atom is -0.481 e. The third-order valence-corrected chi connectivity index (χ3v) is 3.02. The Hall–Kier alpha value is -2.16. The van der Waals surface area contributed by atoms with Crippen molar-refractivity contribution in [3.8, 4) is 0 Å². The van der Waals surface area contributed by atoms with Crippen molar-refractivity contribution in [2.75, 3.05) is 34.3 Å². The van der Waals surface area contributed by atoms with Crippen molar-refractivity contribution in [3.05, 3.63) is 0 Å². The first-order valence-corrected chi connectivity index (χ1v) is 8.08. The van der Waals surface area contributed by atoms with Crippen LogP contribution >= 0.6 is 0 Å². The van der Waals surface area contributed by atoms with Crippen molar-refractivity contribution in [1.82, 2.24) is 0 Å². The number of carbonyl (C=O) groups is 4. The van der Waals surface area contributed by atoms with Gasteiger partial charge in [-0.25, -0.2) is 0 Å². The first kappa shape index (κ1) is 22.8. The predicted octanol–water partition coefficient (Wildman–Crippen LogP) is 0.657. The van der Waals surface area contributed by atoms with E-state index in [-0.39, 0.29) is 45.1 Å². The zero-order valence-electron chi connectivity index (χ0n) is 15.0. The number of ether oxygens (including phenoxy) is 2. The maximum absolute atomic E-state index is 11.8. The number of esters is 2. The van der Waals surface area contributed by atoms with Gasteiger partial charge in [-0.2, -0.15) is 0 Å². The number of hydrogen-bond acceptors (Lipinski definition) is 6. The van der Waals surface area contributed by atoms with E-state index in [1.165, 1.54) is 0 Å². The van der Waals surface area contributed by atoms with Crippen LogP contribution in [-0.2, 0) is 28.7 Å². The summed E-state index contributed by atoms with van der Waals surface area (Å²) in [4.78, 5) is 44.2. The van der Waals surface area contributed by atoms with Crippen LogP contribution in [-0.4, -0.2) is 79.0 Å². The van der Waals surface area contributed by atoms with Gasteiger partial charge in [-0.05, 0) is 12.8 Å². The van der Waals surface area contributed by atoms with Gasteiger partial charge in [-0.3, -0.25) is 19.2 Å². The average Bonchev–Trinajstić information content (AvgIpc) is 2.42. The maximum Gasteiger partial charge on any atom is 0.306 e. The van der Waals surface area contributed by atoms with Crippen LogP contribution < -0.4 is 0 Å². The zero-order chi connectivity index (χ0) is 19.5.